The van der Waals surface area contributed by atoms with Crippen LogP contribution in [0.4, 0.5) is 0 Å². The molecule has 0 aromatic heterocycles. The number of rotatable bonds is 25. The van der Waals surface area contributed by atoms with Crippen LogP contribution >= 0.6 is 0 Å². The largest absolute Gasteiger partial charge is 1.00 e. The summed E-state index contributed by atoms with van der Waals surface area (Å²) in [5, 5.41) is 2.83. The van der Waals surface area contributed by atoms with Crippen molar-refractivity contribution in [3.63, 3.8) is 0 Å². The molecule has 0 aliphatic rings. The third kappa shape index (κ3) is 25.2. The molecule has 0 spiro atoms. The standard InChI is InChI=1S/C24H34O7S2.C22H32.2Na.H2O4S/c1-5-12-19-18-24(23(15-8-4)22(14-7-3)21(19)13-6-2)30-33(27,28)31-32(25,26)29-20-16-10-9-11-17-20;1-2-3-4-5-6-7-8-9-10-11-15-20-17-14-18-21-16-12-13-19-22(20)21;;;1-5(2,3)4/h9-11,16-18H,5-8,12-15H2,1-4H3;12-14,16-19H,2-11,15H2,1H3;;;(H2,1,2,3,4)/q;;2*+1;/p-2. The zero-order valence-corrected chi connectivity index (χ0v) is 44.6. The van der Waals surface area contributed by atoms with Gasteiger partial charge in [-0.3, -0.25) is 8.42 Å². The Labute approximate surface area is 418 Å². The van der Waals surface area contributed by atoms with Gasteiger partial charge in [0.2, 0.25) is 0 Å². The van der Waals surface area contributed by atoms with Gasteiger partial charge in [0, 0.05) is 10.4 Å². The summed E-state index contributed by atoms with van der Waals surface area (Å²) in [6.07, 6.45) is 21.9. The molecule has 0 saturated heterocycles. The Morgan fingerprint density at radius 2 is 0.919 bits per heavy atom. The molecular formula is C46H66Na2O11S3. The predicted octanol–water partition coefficient (Wildman–Crippen LogP) is 5.43. The van der Waals surface area contributed by atoms with E-state index in [4.69, 9.17) is 25.9 Å². The number of hydrogen-bond donors (Lipinski definition) is 0. The van der Waals surface area contributed by atoms with E-state index in [9.17, 15) is 16.8 Å². The topological polar surface area (TPSA) is 176 Å². The van der Waals surface area contributed by atoms with Crippen LogP contribution in [0, 0.1) is 0 Å². The predicted molar refractivity (Wildman–Crippen MR) is 239 cm³/mol. The van der Waals surface area contributed by atoms with Crippen molar-refractivity contribution in [2.75, 3.05) is 0 Å². The van der Waals surface area contributed by atoms with E-state index in [1.54, 1.807) is 24.3 Å². The van der Waals surface area contributed by atoms with Crippen molar-refractivity contribution in [2.24, 2.45) is 0 Å². The zero-order chi connectivity index (χ0) is 44.4. The quantitative estimate of drug-likeness (QED) is 0.0359. The fourth-order valence-corrected chi connectivity index (χ4v) is 8.96. The molecule has 0 N–H and O–H groups in total. The van der Waals surface area contributed by atoms with Crippen molar-refractivity contribution in [3.8, 4) is 11.5 Å². The fraction of sp³-hybridized carbons (Fsp3) is 0.522. The molecule has 0 bridgehead atoms. The molecule has 0 unspecified atom stereocenters. The maximum Gasteiger partial charge on any atom is 1.00 e. The van der Waals surface area contributed by atoms with Gasteiger partial charge in [-0.15, -0.1) is 0 Å². The summed E-state index contributed by atoms with van der Waals surface area (Å²) in [5.41, 5.74) is 5.68. The Bertz CT molecular complexity index is 2150. The normalized spacial score (nSPS) is 11.3. The Kier molecular flexibility index (Phi) is 32.2. The van der Waals surface area contributed by atoms with Crippen molar-refractivity contribution >= 4 is 42.0 Å². The van der Waals surface area contributed by atoms with Gasteiger partial charge in [-0.25, -0.2) is 0 Å². The molecule has 16 heteroatoms. The number of aryl methyl sites for hydroxylation is 2. The van der Waals surface area contributed by atoms with Gasteiger partial charge in [-0.05, 0) is 95.3 Å². The van der Waals surface area contributed by atoms with Crippen molar-refractivity contribution in [1.29, 1.82) is 0 Å². The summed E-state index contributed by atoms with van der Waals surface area (Å²) in [6, 6.07) is 24.7. The monoisotopic (exact) mass is 936 g/mol. The average molecular weight is 937 g/mol. The van der Waals surface area contributed by atoms with E-state index in [1.165, 1.54) is 105 Å². The molecule has 0 heterocycles. The van der Waals surface area contributed by atoms with E-state index in [1.807, 2.05) is 6.92 Å². The minimum absolute atomic E-state index is 0. The minimum atomic E-state index is -5.17. The van der Waals surface area contributed by atoms with Crippen molar-refractivity contribution < 1.29 is 105 Å². The second-order valence-corrected chi connectivity index (χ2v) is 18.1. The van der Waals surface area contributed by atoms with Crippen LogP contribution in [0.5, 0.6) is 11.5 Å². The molecule has 0 atom stereocenters. The summed E-state index contributed by atoms with van der Waals surface area (Å²) >= 11 is 0. The van der Waals surface area contributed by atoms with Crippen LogP contribution in [0.15, 0.2) is 78.9 Å². The second kappa shape index (κ2) is 33.0. The van der Waals surface area contributed by atoms with Gasteiger partial charge in [-0.1, -0.05) is 182 Å². The van der Waals surface area contributed by atoms with E-state index in [0.29, 0.717) is 6.42 Å². The van der Waals surface area contributed by atoms with Crippen LogP contribution < -0.4 is 67.5 Å². The third-order valence-electron chi connectivity index (χ3n) is 9.72. The van der Waals surface area contributed by atoms with Crippen LogP contribution in [-0.4, -0.2) is 34.4 Å². The summed E-state index contributed by atoms with van der Waals surface area (Å²) in [7, 11) is -15.0. The first-order valence-corrected chi connectivity index (χ1v) is 25.5. The smallest absolute Gasteiger partial charge is 0.759 e. The molecule has 0 saturated carbocycles. The van der Waals surface area contributed by atoms with Crippen LogP contribution in [0.3, 0.4) is 0 Å². The van der Waals surface area contributed by atoms with Gasteiger partial charge in [-0.2, -0.15) is 16.8 Å². The van der Waals surface area contributed by atoms with Crippen LogP contribution in [0.2, 0.25) is 0 Å². The van der Waals surface area contributed by atoms with Crippen molar-refractivity contribution in [3.05, 3.63) is 107 Å². The minimum Gasteiger partial charge on any atom is -0.759 e. The molecule has 11 nitrogen and oxygen atoms in total. The molecule has 336 valence electrons. The Balaban J connectivity index is 0.00000111. The Morgan fingerprint density at radius 1 is 0.452 bits per heavy atom. The van der Waals surface area contributed by atoms with Gasteiger partial charge in [0.05, 0.1) is 0 Å². The van der Waals surface area contributed by atoms with E-state index >= 15 is 0 Å². The van der Waals surface area contributed by atoms with Crippen molar-refractivity contribution in [1.82, 2.24) is 0 Å². The summed E-state index contributed by atoms with van der Waals surface area (Å²) in [5.74, 6) is 0.0530. The van der Waals surface area contributed by atoms with Crippen LogP contribution in [0.1, 0.15) is 152 Å². The van der Waals surface area contributed by atoms with Gasteiger partial charge in [0.15, 0.2) is 0 Å². The summed E-state index contributed by atoms with van der Waals surface area (Å²) < 4.78 is 98.0. The first kappa shape index (κ1) is 60.5. The third-order valence-corrected chi connectivity index (χ3v) is 11.8. The number of unbranched alkanes of at least 4 members (excludes halogenated alkanes) is 9. The maximum absolute atomic E-state index is 12.6. The Morgan fingerprint density at radius 3 is 1.48 bits per heavy atom. The summed E-state index contributed by atoms with van der Waals surface area (Å²) in [6.45, 7) is 10.5. The van der Waals surface area contributed by atoms with E-state index in [0.717, 1.165) is 61.6 Å². The molecule has 0 amide bonds. The fourth-order valence-electron chi connectivity index (χ4n) is 7.21. The average Bonchev–Trinajstić information content (AvgIpc) is 3.17. The maximum atomic E-state index is 12.6. The van der Waals surface area contributed by atoms with Gasteiger partial charge in [0.25, 0.3) is 0 Å². The molecule has 0 aliphatic heterocycles. The number of benzene rings is 4. The Hall–Kier alpha value is -1.53. The first-order chi connectivity index (χ1) is 28.6. The van der Waals surface area contributed by atoms with Crippen molar-refractivity contribution in [2.45, 2.75) is 157 Å². The van der Waals surface area contributed by atoms with Gasteiger partial charge >= 0.3 is 79.9 Å². The van der Waals surface area contributed by atoms with E-state index in [2.05, 4.69) is 73.8 Å². The molecular weight excluding hydrogens is 871 g/mol. The SMILES string of the molecule is CCCCCCCCCCCCc1cccc2ccccc12.CCCc1cc(OS(=O)(=O)OS(=O)(=O)Oc2ccccc2)c(CCC)c(CCC)c1CCC.O=S(=O)([O-])[O-].[Na+].[Na+]. The molecule has 4 aromatic carbocycles. The van der Waals surface area contributed by atoms with Crippen LogP contribution in [-0.2, 0) is 66.9 Å². The molecule has 62 heavy (non-hydrogen) atoms. The first-order valence-electron chi connectivity index (χ1n) is 21.5. The molecule has 4 rings (SSSR count). The molecule has 0 aliphatic carbocycles. The summed E-state index contributed by atoms with van der Waals surface area (Å²) in [4.78, 5) is 0. The van der Waals surface area contributed by atoms with Gasteiger partial charge < -0.3 is 17.5 Å². The van der Waals surface area contributed by atoms with E-state index < -0.39 is 31.2 Å². The van der Waals surface area contributed by atoms with Crippen LogP contribution in [0.25, 0.3) is 10.8 Å². The number of fused-ring (bicyclic) bond motifs is 1. The zero-order valence-electron chi connectivity index (χ0n) is 38.2. The molecule has 0 fully saturated rings. The number of para-hydroxylation sites is 1. The molecule has 4 aromatic rings. The second-order valence-electron chi connectivity index (χ2n) is 14.8. The van der Waals surface area contributed by atoms with E-state index in [-0.39, 0.29) is 70.6 Å². The number of hydrogen-bond acceptors (Lipinski definition) is 11. The molecule has 0 radical (unpaired) electrons. The van der Waals surface area contributed by atoms with Gasteiger partial charge in [0.1, 0.15) is 11.5 Å².